The molecule has 1 N–H and O–H groups in total. The monoisotopic (exact) mass is 331 g/mol. The lowest BCUT2D eigenvalue weighted by Gasteiger charge is -2.46. The second-order valence-corrected chi connectivity index (χ2v) is 7.52. The maximum absolute atomic E-state index is 4.93. The van der Waals surface area contributed by atoms with Gasteiger partial charge in [0.15, 0.2) is 0 Å². The molecule has 1 aliphatic carbocycles. The number of nitrogens with one attached hydrogen (secondary N) is 1. The normalized spacial score (nSPS) is 31.3. The summed E-state index contributed by atoms with van der Waals surface area (Å²) in [6, 6.07) is 11.2. The third-order valence-electron chi connectivity index (χ3n) is 5.82. The molecule has 134 valence electrons. The van der Waals surface area contributed by atoms with Gasteiger partial charge in [-0.1, -0.05) is 49.6 Å². The van der Waals surface area contributed by atoms with E-state index in [-0.39, 0.29) is 0 Å². The first-order valence-electron chi connectivity index (χ1n) is 9.81. The van der Waals surface area contributed by atoms with Crippen LogP contribution in [0.2, 0.25) is 0 Å². The Bertz CT molecular complexity index is 458. The van der Waals surface area contributed by atoms with Gasteiger partial charge in [0.25, 0.3) is 0 Å². The summed E-state index contributed by atoms with van der Waals surface area (Å²) < 4.78 is 9.77. The summed E-state index contributed by atoms with van der Waals surface area (Å²) in [5.41, 5.74) is 1.83. The summed E-state index contributed by atoms with van der Waals surface area (Å²) in [4.78, 5) is 0. The van der Waals surface area contributed by atoms with E-state index in [1.165, 1.54) is 63.5 Å². The van der Waals surface area contributed by atoms with E-state index in [0.717, 1.165) is 12.5 Å². The van der Waals surface area contributed by atoms with Gasteiger partial charge in [0, 0.05) is 5.54 Å². The quantitative estimate of drug-likeness (QED) is 0.858. The van der Waals surface area contributed by atoms with Crippen LogP contribution in [-0.4, -0.2) is 26.0 Å². The first kappa shape index (κ1) is 17.9. The molecular formula is C21H33NO2. The molecule has 0 aromatic heterocycles. The summed E-state index contributed by atoms with van der Waals surface area (Å²) in [6.45, 7) is 4.44. The first-order valence-corrected chi connectivity index (χ1v) is 9.81. The summed E-state index contributed by atoms with van der Waals surface area (Å²) in [7, 11) is 0. The van der Waals surface area contributed by atoms with Gasteiger partial charge in [-0.15, -0.1) is 0 Å². The number of hydrogen-bond donors (Lipinski definition) is 1. The molecule has 3 heteroatoms. The van der Waals surface area contributed by atoms with Crippen LogP contribution in [0.1, 0.15) is 63.9 Å². The van der Waals surface area contributed by atoms with Crippen molar-refractivity contribution in [3.8, 4) is 0 Å². The van der Waals surface area contributed by atoms with Gasteiger partial charge < -0.3 is 14.8 Å². The molecule has 0 radical (unpaired) electrons. The van der Waals surface area contributed by atoms with E-state index in [0.29, 0.717) is 18.4 Å². The van der Waals surface area contributed by atoms with E-state index in [1.54, 1.807) is 0 Å². The summed E-state index contributed by atoms with van der Waals surface area (Å²) >= 11 is 0. The number of benzene rings is 1. The molecule has 24 heavy (non-hydrogen) atoms. The van der Waals surface area contributed by atoms with Crippen LogP contribution in [0.4, 0.5) is 0 Å². The lowest BCUT2D eigenvalue weighted by Crippen LogP contribution is -2.51. The van der Waals surface area contributed by atoms with Crippen molar-refractivity contribution in [3.05, 3.63) is 35.9 Å². The highest BCUT2D eigenvalue weighted by atomic mass is 16.7. The molecule has 1 aromatic carbocycles. The minimum atomic E-state index is 0.292. The molecule has 2 unspecified atom stereocenters. The lowest BCUT2D eigenvalue weighted by molar-refractivity contribution is 0.0514. The van der Waals surface area contributed by atoms with Crippen LogP contribution in [0, 0.1) is 5.92 Å². The van der Waals surface area contributed by atoms with E-state index in [4.69, 9.17) is 9.47 Å². The fourth-order valence-electron chi connectivity index (χ4n) is 4.52. The van der Waals surface area contributed by atoms with Crippen molar-refractivity contribution in [1.29, 1.82) is 0 Å². The van der Waals surface area contributed by atoms with Crippen LogP contribution in [0.15, 0.2) is 30.3 Å². The average molecular weight is 332 g/mol. The minimum absolute atomic E-state index is 0.292. The Hall–Kier alpha value is -0.900. The molecule has 4 rings (SSSR count). The zero-order chi connectivity index (χ0) is 16.7. The Kier molecular flexibility index (Phi) is 6.70. The minimum Gasteiger partial charge on any atom is -0.353 e. The number of ether oxygens (including phenoxy) is 2. The topological polar surface area (TPSA) is 30.5 Å². The maximum Gasteiger partial charge on any atom is 0.147 e. The molecule has 1 aromatic rings. The summed E-state index contributed by atoms with van der Waals surface area (Å²) in [6.07, 6.45) is 11.5. The van der Waals surface area contributed by atoms with Gasteiger partial charge >= 0.3 is 0 Å². The second-order valence-electron chi connectivity index (χ2n) is 7.52. The Morgan fingerprint density at radius 3 is 2.33 bits per heavy atom. The predicted octanol–water partition coefficient (Wildman–Crippen LogP) is 4.61. The van der Waals surface area contributed by atoms with Crippen molar-refractivity contribution in [1.82, 2.24) is 5.32 Å². The molecule has 2 saturated heterocycles. The molecule has 2 heterocycles. The number of piperidine rings is 1. The molecule has 0 spiro atoms. The molecule has 0 amide bonds. The van der Waals surface area contributed by atoms with Crippen molar-refractivity contribution in [2.75, 3.05) is 19.9 Å². The molecule has 2 atom stereocenters. The van der Waals surface area contributed by atoms with Gasteiger partial charge in [-0.2, -0.15) is 0 Å². The van der Waals surface area contributed by atoms with Crippen molar-refractivity contribution < 1.29 is 9.47 Å². The van der Waals surface area contributed by atoms with Crippen LogP contribution in [0.5, 0.6) is 0 Å². The zero-order valence-corrected chi connectivity index (χ0v) is 15.1. The third kappa shape index (κ3) is 4.38. The largest absolute Gasteiger partial charge is 0.353 e. The summed E-state index contributed by atoms with van der Waals surface area (Å²) in [5.74, 6) is 0.856. The Balaban J connectivity index is 0.000000238. The van der Waals surface area contributed by atoms with Crippen LogP contribution >= 0.6 is 0 Å². The zero-order valence-electron chi connectivity index (χ0n) is 15.1. The van der Waals surface area contributed by atoms with Crippen molar-refractivity contribution in [3.63, 3.8) is 0 Å². The highest BCUT2D eigenvalue weighted by Gasteiger charge is 2.41. The highest BCUT2D eigenvalue weighted by molar-refractivity contribution is 5.26. The second kappa shape index (κ2) is 8.98. The Morgan fingerprint density at radius 2 is 1.79 bits per heavy atom. The third-order valence-corrected chi connectivity index (χ3v) is 5.82. The maximum atomic E-state index is 4.93. The van der Waals surface area contributed by atoms with Crippen LogP contribution in [0.25, 0.3) is 0 Å². The van der Waals surface area contributed by atoms with Crippen LogP contribution < -0.4 is 5.32 Å². The molecule has 3 aliphatic rings. The van der Waals surface area contributed by atoms with Gasteiger partial charge in [-0.25, -0.2) is 0 Å². The summed E-state index contributed by atoms with van der Waals surface area (Å²) in [5, 5.41) is 3.92. The highest BCUT2D eigenvalue weighted by Crippen LogP contribution is 2.43. The smallest absolute Gasteiger partial charge is 0.147 e. The predicted molar refractivity (Wildman–Crippen MR) is 97.9 cm³/mol. The van der Waals surface area contributed by atoms with Gasteiger partial charge in [0.2, 0.25) is 0 Å². The number of rotatable bonds is 2. The molecule has 3 nitrogen and oxygen atoms in total. The fraction of sp³-hybridized carbons (Fsp3) is 0.714. The SMILES string of the molecule is CC1COCO1.c1ccc(C2(C3CCCCC3)CCCCN2)cc1. The van der Waals surface area contributed by atoms with Crippen molar-refractivity contribution in [2.45, 2.75) is 69.9 Å². The fourth-order valence-corrected chi connectivity index (χ4v) is 4.52. The van der Waals surface area contributed by atoms with Crippen LogP contribution in [-0.2, 0) is 15.0 Å². The van der Waals surface area contributed by atoms with E-state index in [1.807, 2.05) is 6.92 Å². The molecule has 0 bridgehead atoms. The molecule has 2 aliphatic heterocycles. The van der Waals surface area contributed by atoms with Crippen molar-refractivity contribution in [2.24, 2.45) is 5.92 Å². The Labute approximate surface area is 147 Å². The average Bonchev–Trinajstić information content (AvgIpc) is 3.15. The molecule has 3 fully saturated rings. The first-order chi connectivity index (χ1) is 11.8. The van der Waals surface area contributed by atoms with Gasteiger partial charge in [-0.05, 0) is 57.1 Å². The van der Waals surface area contributed by atoms with E-state index in [2.05, 4.69) is 35.6 Å². The van der Waals surface area contributed by atoms with Gasteiger partial charge in [0.1, 0.15) is 6.79 Å². The van der Waals surface area contributed by atoms with E-state index in [9.17, 15) is 0 Å². The van der Waals surface area contributed by atoms with E-state index >= 15 is 0 Å². The standard InChI is InChI=1S/C17H25N.C4H8O2/c1-3-9-15(10-4-1)17(13-7-8-14-18-17)16-11-5-2-6-12-16;1-4-2-5-3-6-4/h1,3-4,9-10,16,18H,2,5-8,11-14H2;4H,2-3H2,1H3. The Morgan fingerprint density at radius 1 is 1.00 bits per heavy atom. The number of hydrogen-bond acceptors (Lipinski definition) is 3. The van der Waals surface area contributed by atoms with Gasteiger partial charge in [-0.3, -0.25) is 0 Å². The van der Waals surface area contributed by atoms with Crippen molar-refractivity contribution >= 4 is 0 Å². The van der Waals surface area contributed by atoms with Crippen LogP contribution in [0.3, 0.4) is 0 Å². The van der Waals surface area contributed by atoms with E-state index < -0.39 is 0 Å². The lowest BCUT2D eigenvalue weighted by atomic mass is 9.67. The molecular weight excluding hydrogens is 298 g/mol. The van der Waals surface area contributed by atoms with Gasteiger partial charge in [0.05, 0.1) is 12.7 Å². The molecule has 1 saturated carbocycles.